The van der Waals surface area contributed by atoms with Crippen molar-refractivity contribution in [2.75, 3.05) is 4.90 Å². The smallest absolute Gasteiger partial charge is 0.294 e. The fourth-order valence-electron chi connectivity index (χ4n) is 4.04. The van der Waals surface area contributed by atoms with Crippen LogP contribution in [-0.2, 0) is 6.18 Å². The van der Waals surface area contributed by atoms with Gasteiger partial charge in [0.05, 0.1) is 28.6 Å². The summed E-state index contributed by atoms with van der Waals surface area (Å²) in [6.45, 7) is 9.60. The third-order valence-corrected chi connectivity index (χ3v) is 6.54. The first-order chi connectivity index (χ1) is 16.8. The standard InChI is InChI=1S/C25H15F3N6S/c1-15-21(30-2)22(17-10-8-16(14-29)9-11-17)34-24(31-23(32-34)20-7-4-12-35-20)33(15)19-6-3-5-18(13-19)25(26,27)28/h3-13,22H,1H3. The van der Waals surface area contributed by atoms with Crippen LogP contribution in [0.3, 0.4) is 0 Å². The Morgan fingerprint density at radius 3 is 2.51 bits per heavy atom. The summed E-state index contributed by atoms with van der Waals surface area (Å²) in [5, 5.41) is 15.7. The largest absolute Gasteiger partial charge is 0.416 e. The van der Waals surface area contributed by atoms with Gasteiger partial charge in [0.25, 0.3) is 0 Å². The number of aromatic nitrogens is 3. The lowest BCUT2D eigenvalue weighted by Crippen LogP contribution is -2.30. The molecule has 0 N–H and O–H groups in total. The van der Waals surface area contributed by atoms with Gasteiger partial charge in [-0.3, -0.25) is 4.90 Å². The Labute approximate surface area is 202 Å². The van der Waals surface area contributed by atoms with Crippen LogP contribution in [0.4, 0.5) is 24.8 Å². The highest BCUT2D eigenvalue weighted by Gasteiger charge is 2.38. The summed E-state index contributed by atoms with van der Waals surface area (Å²) in [5.74, 6) is 0.705. The van der Waals surface area contributed by atoms with E-state index in [0.717, 1.165) is 17.0 Å². The van der Waals surface area contributed by atoms with Crippen LogP contribution in [0.2, 0.25) is 0 Å². The monoisotopic (exact) mass is 488 g/mol. The van der Waals surface area contributed by atoms with E-state index in [1.54, 1.807) is 41.9 Å². The number of benzene rings is 2. The van der Waals surface area contributed by atoms with Crippen molar-refractivity contribution in [3.05, 3.63) is 106 Å². The summed E-state index contributed by atoms with van der Waals surface area (Å²) in [7, 11) is 0. The van der Waals surface area contributed by atoms with Gasteiger partial charge in [0, 0.05) is 11.4 Å². The average Bonchev–Trinajstić information content (AvgIpc) is 3.53. The maximum absolute atomic E-state index is 13.5. The fourth-order valence-corrected chi connectivity index (χ4v) is 4.69. The zero-order valence-electron chi connectivity index (χ0n) is 18.2. The van der Waals surface area contributed by atoms with Gasteiger partial charge in [-0.25, -0.2) is 9.53 Å². The van der Waals surface area contributed by atoms with Gasteiger partial charge < -0.3 is 0 Å². The minimum atomic E-state index is -4.52. The van der Waals surface area contributed by atoms with Crippen LogP contribution in [0.25, 0.3) is 15.5 Å². The number of allylic oxidation sites excluding steroid dienone is 2. The van der Waals surface area contributed by atoms with Crippen LogP contribution < -0.4 is 4.90 Å². The molecule has 2 aromatic heterocycles. The molecule has 0 fully saturated rings. The number of hydrogen-bond donors (Lipinski definition) is 0. The van der Waals surface area contributed by atoms with Crippen molar-refractivity contribution in [1.82, 2.24) is 14.8 Å². The molecule has 1 unspecified atom stereocenters. The predicted molar refractivity (Wildman–Crippen MR) is 126 cm³/mol. The molecule has 0 radical (unpaired) electrons. The maximum atomic E-state index is 13.5. The zero-order valence-corrected chi connectivity index (χ0v) is 19.0. The molecule has 1 atom stereocenters. The molecule has 0 aliphatic carbocycles. The highest BCUT2D eigenvalue weighted by atomic mass is 32.1. The molecular formula is C25H15F3N6S. The molecule has 35 heavy (non-hydrogen) atoms. The van der Waals surface area contributed by atoms with E-state index in [-0.39, 0.29) is 5.69 Å². The fraction of sp³-hybridized carbons (Fsp3) is 0.120. The number of thiophene rings is 1. The van der Waals surface area contributed by atoms with Crippen LogP contribution in [0, 0.1) is 17.9 Å². The van der Waals surface area contributed by atoms with Gasteiger partial charge in [0.1, 0.15) is 6.04 Å². The van der Waals surface area contributed by atoms with Crippen molar-refractivity contribution in [3.8, 4) is 16.8 Å². The first-order valence-corrected chi connectivity index (χ1v) is 11.3. The molecule has 0 spiro atoms. The SMILES string of the molecule is [C-]#[N+]C1=C(C)N(c2cccc(C(F)(F)F)c2)c2nc(-c3cccs3)nn2C1c1ccc(C#N)cc1. The molecule has 1 aliphatic heterocycles. The number of nitriles is 1. The first-order valence-electron chi connectivity index (χ1n) is 10.4. The van der Waals surface area contributed by atoms with Crippen molar-refractivity contribution in [3.63, 3.8) is 0 Å². The highest BCUT2D eigenvalue weighted by Crippen LogP contribution is 2.44. The molecule has 4 aromatic rings. The second-order valence-electron chi connectivity index (χ2n) is 7.76. The van der Waals surface area contributed by atoms with Gasteiger partial charge in [-0.1, -0.05) is 24.3 Å². The number of alkyl halides is 3. The number of rotatable bonds is 3. The van der Waals surface area contributed by atoms with Crippen LogP contribution in [-0.4, -0.2) is 14.8 Å². The van der Waals surface area contributed by atoms with Crippen molar-refractivity contribution < 1.29 is 13.2 Å². The Bertz CT molecular complexity index is 1520. The summed E-state index contributed by atoms with van der Waals surface area (Å²) in [5.41, 5.74) is 1.35. The first kappa shape index (κ1) is 22.4. The van der Waals surface area contributed by atoms with Gasteiger partial charge in [0.15, 0.2) is 5.82 Å². The van der Waals surface area contributed by atoms with E-state index in [2.05, 4.69) is 21.0 Å². The minimum Gasteiger partial charge on any atom is -0.294 e. The summed E-state index contributed by atoms with van der Waals surface area (Å²) in [6.07, 6.45) is -4.52. The molecule has 0 amide bonds. The Morgan fingerprint density at radius 1 is 1.11 bits per heavy atom. The van der Waals surface area contributed by atoms with Crippen LogP contribution >= 0.6 is 11.3 Å². The van der Waals surface area contributed by atoms with E-state index < -0.39 is 17.8 Å². The van der Waals surface area contributed by atoms with Crippen LogP contribution in [0.15, 0.2) is 77.4 Å². The summed E-state index contributed by atoms with van der Waals surface area (Å²) in [4.78, 5) is 10.8. The molecule has 0 saturated carbocycles. The molecule has 10 heteroatoms. The molecule has 3 heterocycles. The molecule has 0 bridgehead atoms. The van der Waals surface area contributed by atoms with Gasteiger partial charge in [-0.05, 0) is 54.3 Å². The third-order valence-electron chi connectivity index (χ3n) is 5.67. The molecule has 172 valence electrons. The van der Waals surface area contributed by atoms with Gasteiger partial charge in [-0.2, -0.15) is 23.4 Å². The van der Waals surface area contributed by atoms with Crippen molar-refractivity contribution in [1.29, 1.82) is 5.26 Å². The summed E-state index contributed by atoms with van der Waals surface area (Å²) in [6, 6.07) is 16.9. The second-order valence-corrected chi connectivity index (χ2v) is 8.71. The predicted octanol–water partition coefficient (Wildman–Crippen LogP) is 6.79. The second kappa shape index (κ2) is 8.42. The van der Waals surface area contributed by atoms with Crippen LogP contribution in [0.5, 0.6) is 0 Å². The lowest BCUT2D eigenvalue weighted by molar-refractivity contribution is -0.137. The van der Waals surface area contributed by atoms with E-state index in [1.165, 1.54) is 22.3 Å². The van der Waals surface area contributed by atoms with Gasteiger partial charge in [-0.15, -0.1) is 16.4 Å². The van der Waals surface area contributed by atoms with E-state index in [0.29, 0.717) is 34.3 Å². The summed E-state index contributed by atoms with van der Waals surface area (Å²) < 4.78 is 42.0. The lowest BCUT2D eigenvalue weighted by Gasteiger charge is -2.34. The third kappa shape index (κ3) is 3.84. The number of hydrogen-bond acceptors (Lipinski definition) is 5. The molecule has 5 rings (SSSR count). The Hall–Kier alpha value is -4.41. The van der Waals surface area contributed by atoms with E-state index >= 15 is 0 Å². The number of fused-ring (bicyclic) bond motifs is 1. The molecule has 2 aromatic carbocycles. The molecule has 1 aliphatic rings. The van der Waals surface area contributed by atoms with Gasteiger partial charge in [0.2, 0.25) is 11.6 Å². The molecule has 0 saturated heterocycles. The van der Waals surface area contributed by atoms with E-state index in [4.69, 9.17) is 11.8 Å². The zero-order chi connectivity index (χ0) is 24.7. The van der Waals surface area contributed by atoms with Crippen LogP contribution in [0.1, 0.15) is 29.7 Å². The van der Waals surface area contributed by atoms with Crippen molar-refractivity contribution in [2.45, 2.75) is 19.1 Å². The maximum Gasteiger partial charge on any atom is 0.416 e. The number of anilines is 2. The van der Waals surface area contributed by atoms with E-state index in [1.807, 2.05) is 17.5 Å². The normalized spacial score (nSPS) is 15.5. The highest BCUT2D eigenvalue weighted by molar-refractivity contribution is 7.13. The van der Waals surface area contributed by atoms with Gasteiger partial charge >= 0.3 is 6.18 Å². The Morgan fingerprint density at radius 2 is 1.89 bits per heavy atom. The van der Waals surface area contributed by atoms with Crippen molar-refractivity contribution >= 4 is 23.0 Å². The topological polar surface area (TPSA) is 62.1 Å². The van der Waals surface area contributed by atoms with Crippen molar-refractivity contribution in [2.24, 2.45) is 0 Å². The Balaban J connectivity index is 1.75. The molecular weight excluding hydrogens is 473 g/mol. The van der Waals surface area contributed by atoms with E-state index in [9.17, 15) is 13.2 Å². The number of halogens is 3. The molecule has 6 nitrogen and oxygen atoms in total. The summed E-state index contributed by atoms with van der Waals surface area (Å²) >= 11 is 1.44. The lowest BCUT2D eigenvalue weighted by atomic mass is 9.99. The quantitative estimate of drug-likeness (QED) is 0.298. The number of nitrogens with zero attached hydrogens (tertiary/aromatic N) is 6. The average molecular weight is 488 g/mol. The Kier molecular flexibility index (Phi) is 5.39. The minimum absolute atomic E-state index is 0.225.